The van der Waals surface area contributed by atoms with E-state index in [-0.39, 0.29) is 12.8 Å². The molecule has 0 atom stereocenters. The summed E-state index contributed by atoms with van der Waals surface area (Å²) in [5.74, 6) is -3.85. The predicted octanol–water partition coefficient (Wildman–Crippen LogP) is -2.92. The van der Waals surface area contributed by atoms with E-state index < -0.39 is 35.5 Å². The number of amides is 4. The van der Waals surface area contributed by atoms with Gasteiger partial charge in [0.2, 0.25) is 23.6 Å². The van der Waals surface area contributed by atoms with Crippen LogP contribution in [-0.4, -0.2) is 23.6 Å². The largest absolute Gasteiger partial charge is 0.370 e. The first-order valence-electron chi connectivity index (χ1n) is 4.39. The van der Waals surface area contributed by atoms with Crippen LogP contribution in [-0.2, 0) is 19.2 Å². The van der Waals surface area contributed by atoms with E-state index in [1.165, 1.54) is 0 Å². The summed E-state index contributed by atoms with van der Waals surface area (Å²) in [5.41, 5.74) is 17.8. The van der Waals surface area contributed by atoms with Crippen LogP contribution in [0.3, 0.4) is 0 Å². The zero-order chi connectivity index (χ0) is 12.9. The van der Waals surface area contributed by atoms with Crippen LogP contribution in [0.5, 0.6) is 0 Å². The van der Waals surface area contributed by atoms with Crippen molar-refractivity contribution in [2.75, 3.05) is 0 Å². The minimum absolute atomic E-state index is 0.293. The summed E-state index contributed by atoms with van der Waals surface area (Å²) < 4.78 is 0. The van der Waals surface area contributed by atoms with Crippen LogP contribution < -0.4 is 22.9 Å². The van der Waals surface area contributed by atoms with E-state index in [1.54, 1.807) is 0 Å². The second-order valence-electron chi connectivity index (χ2n) is 3.42. The third-order valence-corrected chi connectivity index (χ3v) is 2.22. The van der Waals surface area contributed by atoms with E-state index in [2.05, 4.69) is 0 Å². The van der Waals surface area contributed by atoms with Crippen LogP contribution in [0, 0.1) is 5.41 Å². The Morgan fingerprint density at radius 1 is 0.812 bits per heavy atom. The molecule has 0 aliphatic rings. The molecule has 0 saturated carbocycles. The van der Waals surface area contributed by atoms with Gasteiger partial charge in [-0.25, -0.2) is 0 Å². The Hall–Kier alpha value is -2.12. The fourth-order valence-corrected chi connectivity index (χ4v) is 1.26. The second-order valence-corrected chi connectivity index (χ2v) is 3.42. The average Bonchev–Trinajstić information content (AvgIpc) is 2.10. The van der Waals surface area contributed by atoms with Gasteiger partial charge in [0.25, 0.3) is 0 Å². The van der Waals surface area contributed by atoms with E-state index in [1.807, 2.05) is 0 Å². The van der Waals surface area contributed by atoms with Crippen molar-refractivity contribution in [3.63, 3.8) is 0 Å². The SMILES string of the molecule is NC(=O)CCC(CC(N)=O)(C(N)=O)C(N)=O. The predicted molar refractivity (Wildman–Crippen MR) is 53.1 cm³/mol. The Morgan fingerprint density at radius 3 is 1.50 bits per heavy atom. The van der Waals surface area contributed by atoms with Crippen LogP contribution >= 0.6 is 0 Å². The van der Waals surface area contributed by atoms with Crippen LogP contribution in [0.4, 0.5) is 0 Å². The van der Waals surface area contributed by atoms with Crippen molar-refractivity contribution < 1.29 is 19.2 Å². The van der Waals surface area contributed by atoms with Crippen molar-refractivity contribution in [3.8, 4) is 0 Å². The fraction of sp³-hybridized carbons (Fsp3) is 0.500. The molecule has 0 aromatic heterocycles. The molecule has 4 amide bonds. The van der Waals surface area contributed by atoms with Gasteiger partial charge < -0.3 is 22.9 Å². The lowest BCUT2D eigenvalue weighted by Gasteiger charge is -2.25. The van der Waals surface area contributed by atoms with E-state index in [4.69, 9.17) is 22.9 Å². The first-order chi connectivity index (χ1) is 7.22. The second kappa shape index (κ2) is 5.10. The molecule has 0 aromatic rings. The van der Waals surface area contributed by atoms with E-state index in [9.17, 15) is 19.2 Å². The lowest BCUT2D eigenvalue weighted by molar-refractivity contribution is -0.144. The van der Waals surface area contributed by atoms with Crippen LogP contribution in [0.25, 0.3) is 0 Å². The van der Waals surface area contributed by atoms with Crippen LogP contribution in [0.1, 0.15) is 19.3 Å². The van der Waals surface area contributed by atoms with Gasteiger partial charge in [0.05, 0.1) is 0 Å². The molecule has 0 fully saturated rings. The molecule has 0 aliphatic carbocycles. The van der Waals surface area contributed by atoms with Crippen molar-refractivity contribution in [2.24, 2.45) is 28.3 Å². The fourth-order valence-electron chi connectivity index (χ4n) is 1.26. The van der Waals surface area contributed by atoms with Gasteiger partial charge in [-0.3, -0.25) is 19.2 Å². The molecule has 8 N–H and O–H groups in total. The number of rotatable bonds is 7. The normalized spacial score (nSPS) is 10.8. The monoisotopic (exact) mass is 230 g/mol. The Balaban J connectivity index is 5.09. The molecule has 8 nitrogen and oxygen atoms in total. The number of carbonyl (C=O) groups excluding carboxylic acids is 4. The van der Waals surface area contributed by atoms with Crippen molar-refractivity contribution in [1.82, 2.24) is 0 Å². The molecule has 0 spiro atoms. The third kappa shape index (κ3) is 3.23. The first-order valence-corrected chi connectivity index (χ1v) is 4.39. The van der Waals surface area contributed by atoms with E-state index >= 15 is 0 Å². The molecule has 0 aliphatic heterocycles. The molecule has 0 aromatic carbocycles. The van der Waals surface area contributed by atoms with Gasteiger partial charge in [0.15, 0.2) is 0 Å². The van der Waals surface area contributed by atoms with Crippen molar-refractivity contribution in [1.29, 1.82) is 0 Å². The molecule has 0 radical (unpaired) electrons. The lowest BCUT2D eigenvalue weighted by atomic mass is 9.78. The summed E-state index contributed by atoms with van der Waals surface area (Å²) in [4.78, 5) is 43.7. The summed E-state index contributed by atoms with van der Waals surface area (Å²) in [6.07, 6.45) is -1.25. The van der Waals surface area contributed by atoms with Gasteiger partial charge in [0, 0.05) is 12.8 Å². The molecule has 0 unspecified atom stereocenters. The highest BCUT2D eigenvalue weighted by atomic mass is 16.2. The highest BCUT2D eigenvalue weighted by Crippen LogP contribution is 2.27. The molecule has 0 saturated heterocycles. The minimum atomic E-state index is -1.94. The van der Waals surface area contributed by atoms with Gasteiger partial charge in [-0.05, 0) is 6.42 Å². The van der Waals surface area contributed by atoms with Crippen molar-refractivity contribution >= 4 is 23.6 Å². The smallest absolute Gasteiger partial charge is 0.233 e. The number of hydrogen-bond acceptors (Lipinski definition) is 4. The quantitative estimate of drug-likeness (QED) is 0.343. The topological polar surface area (TPSA) is 172 Å². The maximum atomic E-state index is 11.2. The van der Waals surface area contributed by atoms with Gasteiger partial charge in [0.1, 0.15) is 5.41 Å². The number of carbonyl (C=O) groups is 4. The molecule has 90 valence electrons. The zero-order valence-electron chi connectivity index (χ0n) is 8.56. The van der Waals surface area contributed by atoms with Gasteiger partial charge >= 0.3 is 0 Å². The maximum absolute atomic E-state index is 11.2. The van der Waals surface area contributed by atoms with Gasteiger partial charge in [-0.15, -0.1) is 0 Å². The molecule has 8 heteroatoms. The highest BCUT2D eigenvalue weighted by Gasteiger charge is 2.44. The minimum Gasteiger partial charge on any atom is -0.370 e. The Morgan fingerprint density at radius 2 is 1.25 bits per heavy atom. The number of nitrogens with two attached hydrogens (primary N) is 4. The van der Waals surface area contributed by atoms with Gasteiger partial charge in [-0.2, -0.15) is 0 Å². The average molecular weight is 230 g/mol. The number of primary amides is 4. The van der Waals surface area contributed by atoms with Crippen LogP contribution in [0.15, 0.2) is 0 Å². The number of hydrogen-bond donors (Lipinski definition) is 4. The lowest BCUT2D eigenvalue weighted by Crippen LogP contribution is -2.50. The summed E-state index contributed by atoms with van der Waals surface area (Å²) in [5, 5.41) is 0. The highest BCUT2D eigenvalue weighted by molar-refractivity contribution is 6.06. The summed E-state index contributed by atoms with van der Waals surface area (Å²) >= 11 is 0. The standard InChI is InChI=1S/C8H14N4O4/c9-4(13)1-2-8(6(11)15,7(12)16)3-5(10)14/h1-3H2,(H2,9,13)(H2,10,14)(H2,11,15)(H2,12,16). The maximum Gasteiger partial charge on any atom is 0.233 e. The molecule has 0 bridgehead atoms. The molecule has 0 heterocycles. The van der Waals surface area contributed by atoms with Crippen molar-refractivity contribution in [3.05, 3.63) is 0 Å². The Bertz CT molecular complexity index is 325. The summed E-state index contributed by atoms with van der Waals surface area (Å²) in [6.45, 7) is 0. The molecule has 16 heavy (non-hydrogen) atoms. The zero-order valence-corrected chi connectivity index (χ0v) is 8.56. The Labute approximate surface area is 91.3 Å². The Kier molecular flexibility index (Phi) is 4.42. The van der Waals surface area contributed by atoms with Gasteiger partial charge in [-0.1, -0.05) is 0 Å². The first kappa shape index (κ1) is 13.9. The van der Waals surface area contributed by atoms with Crippen molar-refractivity contribution in [2.45, 2.75) is 19.3 Å². The molecule has 0 rings (SSSR count). The molecular formula is C8H14N4O4. The van der Waals surface area contributed by atoms with E-state index in [0.717, 1.165) is 0 Å². The molecular weight excluding hydrogens is 216 g/mol. The van der Waals surface area contributed by atoms with Crippen LogP contribution in [0.2, 0.25) is 0 Å². The third-order valence-electron chi connectivity index (χ3n) is 2.22. The van der Waals surface area contributed by atoms with E-state index in [0.29, 0.717) is 0 Å². The summed E-state index contributed by atoms with van der Waals surface area (Å²) in [7, 11) is 0. The summed E-state index contributed by atoms with van der Waals surface area (Å²) in [6, 6.07) is 0.